The summed E-state index contributed by atoms with van der Waals surface area (Å²) in [5.74, 6) is -0.0842. The van der Waals surface area contributed by atoms with Gasteiger partial charge in [-0.3, -0.25) is 14.2 Å². The summed E-state index contributed by atoms with van der Waals surface area (Å²) in [7, 11) is 0. The molecule has 0 radical (unpaired) electrons. The van der Waals surface area contributed by atoms with Gasteiger partial charge in [0.25, 0.3) is 0 Å². The van der Waals surface area contributed by atoms with Crippen LogP contribution >= 0.6 is 0 Å². The molecule has 0 aliphatic rings. The molecule has 0 aliphatic carbocycles. The van der Waals surface area contributed by atoms with Gasteiger partial charge in [-0.1, -0.05) is 0 Å². The van der Waals surface area contributed by atoms with E-state index in [1.165, 1.54) is 0 Å². The van der Waals surface area contributed by atoms with Crippen molar-refractivity contribution in [3.8, 4) is 0 Å². The topological polar surface area (TPSA) is 64.7 Å². The molecule has 2 aromatic rings. The summed E-state index contributed by atoms with van der Waals surface area (Å²) in [5, 5.41) is 11.2. The van der Waals surface area contributed by atoms with Crippen molar-refractivity contribution in [1.82, 2.24) is 24.9 Å². The molecular formula is C15H21N5O. The molecule has 6 nitrogen and oxygen atoms in total. The maximum absolute atomic E-state index is 11.7. The Bertz CT molecular complexity index is 598. The van der Waals surface area contributed by atoms with Gasteiger partial charge in [0.15, 0.2) is 0 Å². The molecule has 0 spiro atoms. The predicted molar refractivity (Wildman–Crippen MR) is 81.5 cm³/mol. The molecule has 0 bridgehead atoms. The Hall–Kier alpha value is -2.37. The van der Waals surface area contributed by atoms with Crippen LogP contribution in [0.1, 0.15) is 24.6 Å². The first-order valence-electron chi connectivity index (χ1n) is 7.16. The van der Waals surface area contributed by atoms with Crippen LogP contribution in [0.5, 0.6) is 0 Å². The molecule has 0 atom stereocenters. The van der Waals surface area contributed by atoms with E-state index in [1.54, 1.807) is 24.5 Å². The summed E-state index contributed by atoms with van der Waals surface area (Å²) in [6, 6.07) is 1.89. The number of carbonyl (C=O) groups excluding carboxylic acids is 1. The number of aromatic nitrogens is 4. The highest BCUT2D eigenvalue weighted by atomic mass is 16.1. The van der Waals surface area contributed by atoms with Gasteiger partial charge in [0.2, 0.25) is 5.91 Å². The summed E-state index contributed by atoms with van der Waals surface area (Å²) in [6.45, 7) is 6.31. The zero-order valence-corrected chi connectivity index (χ0v) is 12.5. The number of nitrogens with one attached hydrogen (secondary N) is 1. The third-order valence-electron chi connectivity index (χ3n) is 3.28. The van der Waals surface area contributed by atoms with Crippen molar-refractivity contribution >= 4 is 12.0 Å². The summed E-state index contributed by atoms with van der Waals surface area (Å²) < 4.78 is 3.76. The van der Waals surface area contributed by atoms with E-state index in [2.05, 4.69) is 15.5 Å². The Morgan fingerprint density at radius 3 is 2.95 bits per heavy atom. The van der Waals surface area contributed by atoms with Crippen LogP contribution < -0.4 is 5.32 Å². The smallest absolute Gasteiger partial charge is 0.244 e. The highest BCUT2D eigenvalue weighted by Crippen LogP contribution is 2.08. The van der Waals surface area contributed by atoms with Gasteiger partial charge < -0.3 is 5.32 Å². The van der Waals surface area contributed by atoms with Gasteiger partial charge in [-0.2, -0.15) is 10.2 Å². The van der Waals surface area contributed by atoms with Gasteiger partial charge in [-0.05, 0) is 32.4 Å². The van der Waals surface area contributed by atoms with Crippen LogP contribution in [0.2, 0.25) is 0 Å². The molecule has 0 saturated carbocycles. The van der Waals surface area contributed by atoms with E-state index in [4.69, 9.17) is 0 Å². The number of aryl methyl sites for hydroxylation is 2. The van der Waals surface area contributed by atoms with Crippen molar-refractivity contribution in [3.05, 3.63) is 42.0 Å². The Morgan fingerprint density at radius 1 is 1.43 bits per heavy atom. The second kappa shape index (κ2) is 7.42. The van der Waals surface area contributed by atoms with Crippen LogP contribution in [0, 0.1) is 6.92 Å². The third-order valence-corrected chi connectivity index (χ3v) is 3.28. The molecule has 2 aromatic heterocycles. The van der Waals surface area contributed by atoms with Crippen molar-refractivity contribution < 1.29 is 4.79 Å². The van der Waals surface area contributed by atoms with Crippen molar-refractivity contribution in [2.45, 2.75) is 33.4 Å². The molecule has 0 fully saturated rings. The number of hydrogen-bond acceptors (Lipinski definition) is 3. The van der Waals surface area contributed by atoms with Crippen LogP contribution in [0.3, 0.4) is 0 Å². The Balaban J connectivity index is 1.73. The van der Waals surface area contributed by atoms with E-state index in [0.717, 1.165) is 30.8 Å². The molecule has 0 saturated heterocycles. The van der Waals surface area contributed by atoms with Gasteiger partial charge >= 0.3 is 0 Å². The minimum Gasteiger partial charge on any atom is -0.352 e. The predicted octanol–water partition coefficient (Wildman–Crippen LogP) is 1.63. The van der Waals surface area contributed by atoms with Gasteiger partial charge in [0.05, 0.1) is 6.20 Å². The molecule has 21 heavy (non-hydrogen) atoms. The summed E-state index contributed by atoms with van der Waals surface area (Å²) in [6.07, 6.45) is 9.65. The number of carbonyl (C=O) groups is 1. The van der Waals surface area contributed by atoms with Gasteiger partial charge in [0, 0.05) is 49.4 Å². The molecular weight excluding hydrogens is 266 g/mol. The first-order valence-corrected chi connectivity index (χ1v) is 7.16. The van der Waals surface area contributed by atoms with Crippen LogP contribution in [-0.4, -0.2) is 32.0 Å². The van der Waals surface area contributed by atoms with Crippen LogP contribution in [-0.2, 0) is 17.9 Å². The maximum Gasteiger partial charge on any atom is 0.244 e. The van der Waals surface area contributed by atoms with Crippen molar-refractivity contribution in [1.29, 1.82) is 0 Å². The van der Waals surface area contributed by atoms with E-state index < -0.39 is 0 Å². The molecule has 1 N–H and O–H groups in total. The van der Waals surface area contributed by atoms with Crippen LogP contribution in [0.15, 0.2) is 30.7 Å². The molecule has 2 rings (SSSR count). The Labute approximate surface area is 124 Å². The minimum absolute atomic E-state index is 0.0842. The molecule has 1 amide bonds. The van der Waals surface area contributed by atoms with Crippen molar-refractivity contribution in [2.75, 3.05) is 6.54 Å². The van der Waals surface area contributed by atoms with Crippen molar-refractivity contribution in [2.24, 2.45) is 0 Å². The second-order valence-corrected chi connectivity index (χ2v) is 4.75. The lowest BCUT2D eigenvalue weighted by Crippen LogP contribution is -2.23. The fourth-order valence-corrected chi connectivity index (χ4v) is 2.05. The summed E-state index contributed by atoms with van der Waals surface area (Å²) in [5.41, 5.74) is 2.05. The monoisotopic (exact) mass is 287 g/mol. The first kappa shape index (κ1) is 15.0. The quantitative estimate of drug-likeness (QED) is 0.622. The first-order chi connectivity index (χ1) is 10.2. The highest BCUT2D eigenvalue weighted by molar-refractivity contribution is 5.91. The zero-order valence-electron chi connectivity index (χ0n) is 12.5. The summed E-state index contributed by atoms with van der Waals surface area (Å²) >= 11 is 0. The molecule has 0 unspecified atom stereocenters. The highest BCUT2D eigenvalue weighted by Gasteiger charge is 2.02. The van der Waals surface area contributed by atoms with E-state index in [9.17, 15) is 4.79 Å². The summed E-state index contributed by atoms with van der Waals surface area (Å²) in [4.78, 5) is 11.7. The van der Waals surface area contributed by atoms with E-state index in [-0.39, 0.29) is 5.91 Å². The molecule has 0 aromatic carbocycles. The minimum atomic E-state index is -0.0842. The average molecular weight is 287 g/mol. The lowest BCUT2D eigenvalue weighted by atomic mass is 10.2. The Morgan fingerprint density at radius 2 is 2.29 bits per heavy atom. The maximum atomic E-state index is 11.7. The van der Waals surface area contributed by atoms with Crippen LogP contribution in [0.25, 0.3) is 6.08 Å². The fraction of sp³-hybridized carbons (Fsp3) is 0.400. The molecule has 2 heterocycles. The second-order valence-electron chi connectivity index (χ2n) is 4.75. The number of hydrogen-bond donors (Lipinski definition) is 1. The number of amides is 1. The van der Waals surface area contributed by atoms with Gasteiger partial charge in [-0.15, -0.1) is 0 Å². The largest absolute Gasteiger partial charge is 0.352 e. The van der Waals surface area contributed by atoms with Crippen molar-refractivity contribution in [3.63, 3.8) is 0 Å². The van der Waals surface area contributed by atoms with E-state index in [0.29, 0.717) is 6.54 Å². The lowest BCUT2D eigenvalue weighted by Gasteiger charge is -2.02. The van der Waals surface area contributed by atoms with Gasteiger partial charge in [0.1, 0.15) is 0 Å². The fourth-order valence-electron chi connectivity index (χ4n) is 2.05. The average Bonchev–Trinajstić information content (AvgIpc) is 3.11. The molecule has 0 aliphatic heterocycles. The standard InChI is InChI=1S/C15H21N5O/c1-3-20-13(2)14(12-18-20)6-7-15(21)16-8-4-10-19-11-5-9-17-19/h5-7,9,11-12H,3-4,8,10H2,1-2H3,(H,16,21)/b7-6+. The van der Waals surface area contributed by atoms with Gasteiger partial charge in [-0.25, -0.2) is 0 Å². The lowest BCUT2D eigenvalue weighted by molar-refractivity contribution is -0.116. The molecule has 112 valence electrons. The SMILES string of the molecule is CCn1ncc(/C=C/C(=O)NCCCn2cccn2)c1C. The third kappa shape index (κ3) is 4.30. The van der Waals surface area contributed by atoms with E-state index in [1.807, 2.05) is 35.5 Å². The zero-order chi connectivity index (χ0) is 15.1. The Kier molecular flexibility index (Phi) is 5.31. The normalized spacial score (nSPS) is 11.1. The van der Waals surface area contributed by atoms with Crippen LogP contribution in [0.4, 0.5) is 0 Å². The van der Waals surface area contributed by atoms with E-state index >= 15 is 0 Å². The number of nitrogens with zero attached hydrogens (tertiary/aromatic N) is 4. The molecule has 6 heteroatoms. The number of rotatable bonds is 7.